The molecule has 0 fully saturated rings. The summed E-state index contributed by atoms with van der Waals surface area (Å²) < 4.78 is 0. The van der Waals surface area contributed by atoms with Crippen LogP contribution in [0.5, 0.6) is 0 Å². The lowest BCUT2D eigenvalue weighted by Gasteiger charge is -2.31. The first kappa shape index (κ1) is 17.9. The van der Waals surface area contributed by atoms with Crippen molar-refractivity contribution in [1.82, 2.24) is 4.90 Å². The second-order valence-electron chi connectivity index (χ2n) is 5.14. The third-order valence-electron chi connectivity index (χ3n) is 3.52. The Bertz CT molecular complexity index is 166. The zero-order valence-corrected chi connectivity index (χ0v) is 12.6. The monoisotopic (exact) mass is 259 g/mol. The zero-order valence-electron chi connectivity index (χ0n) is 12.6. The van der Waals surface area contributed by atoms with Crippen molar-refractivity contribution < 1.29 is 10.2 Å². The molecule has 110 valence electrons. The van der Waals surface area contributed by atoms with E-state index in [-0.39, 0.29) is 0 Å². The van der Waals surface area contributed by atoms with E-state index in [0.717, 1.165) is 13.0 Å². The van der Waals surface area contributed by atoms with Crippen molar-refractivity contribution in [3.8, 4) is 0 Å². The maximum atomic E-state index is 9.86. The molecule has 0 rings (SSSR count). The number of aliphatic hydroxyl groups is 2. The molecule has 0 aromatic rings. The highest BCUT2D eigenvalue weighted by Gasteiger charge is 2.19. The molecule has 0 heterocycles. The van der Waals surface area contributed by atoms with Crippen molar-refractivity contribution in [1.29, 1.82) is 0 Å². The second kappa shape index (κ2) is 11.9. The minimum absolute atomic E-state index is 0.500. The van der Waals surface area contributed by atoms with Gasteiger partial charge in [-0.2, -0.15) is 0 Å². The van der Waals surface area contributed by atoms with Gasteiger partial charge in [-0.1, -0.05) is 59.3 Å². The Balaban J connectivity index is 3.70. The molecule has 3 heteroatoms. The van der Waals surface area contributed by atoms with Gasteiger partial charge in [0.2, 0.25) is 0 Å². The quantitative estimate of drug-likeness (QED) is 0.416. The molecule has 2 unspecified atom stereocenters. The molecule has 0 aliphatic heterocycles. The number of hydrogen-bond donors (Lipinski definition) is 2. The van der Waals surface area contributed by atoms with Gasteiger partial charge >= 0.3 is 0 Å². The average Bonchev–Trinajstić information content (AvgIpc) is 2.40. The van der Waals surface area contributed by atoms with E-state index in [0.29, 0.717) is 12.8 Å². The maximum Gasteiger partial charge on any atom is 0.109 e. The first-order valence-electron chi connectivity index (χ1n) is 7.79. The number of hydrogen-bond acceptors (Lipinski definition) is 3. The fraction of sp³-hybridized carbons (Fsp3) is 1.00. The lowest BCUT2D eigenvalue weighted by atomic mass is 10.1. The Morgan fingerprint density at radius 1 is 0.722 bits per heavy atom. The molecule has 3 nitrogen and oxygen atoms in total. The van der Waals surface area contributed by atoms with Crippen LogP contribution in [-0.2, 0) is 0 Å². The second-order valence-corrected chi connectivity index (χ2v) is 5.14. The van der Waals surface area contributed by atoms with Crippen molar-refractivity contribution in [3.05, 3.63) is 0 Å². The van der Waals surface area contributed by atoms with E-state index in [1.54, 1.807) is 0 Å². The molecule has 18 heavy (non-hydrogen) atoms. The Morgan fingerprint density at radius 2 is 1.17 bits per heavy atom. The number of aliphatic hydroxyl groups excluding tert-OH is 2. The average molecular weight is 259 g/mol. The van der Waals surface area contributed by atoms with E-state index in [4.69, 9.17) is 0 Å². The highest BCUT2D eigenvalue weighted by molar-refractivity contribution is 4.64. The molecule has 0 aliphatic carbocycles. The lowest BCUT2D eigenvalue weighted by Crippen LogP contribution is -2.43. The minimum Gasteiger partial charge on any atom is -0.378 e. The summed E-state index contributed by atoms with van der Waals surface area (Å²) in [6.45, 7) is 6.93. The van der Waals surface area contributed by atoms with Crippen LogP contribution in [0.4, 0.5) is 0 Å². The largest absolute Gasteiger partial charge is 0.378 e. The van der Waals surface area contributed by atoms with Gasteiger partial charge in [-0.05, 0) is 19.3 Å². The van der Waals surface area contributed by atoms with Gasteiger partial charge in [-0.15, -0.1) is 0 Å². The molecule has 0 amide bonds. The fourth-order valence-corrected chi connectivity index (χ4v) is 2.22. The van der Waals surface area contributed by atoms with Crippen LogP contribution in [0.15, 0.2) is 0 Å². The van der Waals surface area contributed by atoms with Gasteiger partial charge in [0.1, 0.15) is 12.5 Å². The van der Waals surface area contributed by atoms with E-state index >= 15 is 0 Å². The van der Waals surface area contributed by atoms with Gasteiger partial charge < -0.3 is 10.2 Å². The van der Waals surface area contributed by atoms with Crippen LogP contribution < -0.4 is 0 Å². The molecule has 0 saturated carbocycles. The molecule has 0 aliphatic rings. The van der Waals surface area contributed by atoms with Crippen molar-refractivity contribution in [3.63, 3.8) is 0 Å². The van der Waals surface area contributed by atoms with Crippen molar-refractivity contribution >= 4 is 0 Å². The summed E-state index contributed by atoms with van der Waals surface area (Å²) in [7, 11) is 0. The standard InChI is InChI=1S/C15H33NO2/c1-4-7-8-9-10-11-12-13-16(14(17)5-2)15(18)6-3/h14-15,17-18H,4-13H2,1-3H3. The molecule has 0 bridgehead atoms. The number of unbranched alkanes of at least 4 members (excludes halogenated alkanes) is 6. The van der Waals surface area contributed by atoms with Crippen LogP contribution in [0, 0.1) is 0 Å². The van der Waals surface area contributed by atoms with E-state index in [2.05, 4.69) is 6.92 Å². The predicted molar refractivity (Wildman–Crippen MR) is 77.3 cm³/mol. The Kier molecular flexibility index (Phi) is 11.9. The van der Waals surface area contributed by atoms with Crippen LogP contribution in [0.3, 0.4) is 0 Å². The molecular formula is C15H33NO2. The Hall–Kier alpha value is -0.120. The third-order valence-corrected chi connectivity index (χ3v) is 3.52. The third kappa shape index (κ3) is 8.06. The molecule has 0 saturated heterocycles. The molecule has 2 atom stereocenters. The minimum atomic E-state index is -0.500. The summed E-state index contributed by atoms with van der Waals surface area (Å²) in [6, 6.07) is 0. The van der Waals surface area contributed by atoms with Gasteiger partial charge in [0.15, 0.2) is 0 Å². The normalized spacial score (nSPS) is 15.0. The summed E-state index contributed by atoms with van der Waals surface area (Å²) in [4.78, 5) is 1.83. The summed E-state index contributed by atoms with van der Waals surface area (Å²) >= 11 is 0. The van der Waals surface area contributed by atoms with Gasteiger partial charge in [-0.3, -0.25) is 4.90 Å². The fourth-order valence-electron chi connectivity index (χ4n) is 2.22. The van der Waals surface area contributed by atoms with Gasteiger partial charge in [0, 0.05) is 6.54 Å². The van der Waals surface area contributed by atoms with Gasteiger partial charge in [0.25, 0.3) is 0 Å². The first-order chi connectivity index (χ1) is 8.67. The highest BCUT2D eigenvalue weighted by atomic mass is 16.3. The Labute approximate surface area is 113 Å². The lowest BCUT2D eigenvalue weighted by molar-refractivity contribution is -0.104. The summed E-state index contributed by atoms with van der Waals surface area (Å²) in [5, 5.41) is 19.7. The molecule has 0 spiro atoms. The zero-order chi connectivity index (χ0) is 13.8. The molecule has 2 N–H and O–H groups in total. The highest BCUT2D eigenvalue weighted by Crippen LogP contribution is 2.12. The molecule has 0 aromatic carbocycles. The van der Waals surface area contributed by atoms with E-state index in [1.165, 1.54) is 38.5 Å². The van der Waals surface area contributed by atoms with Crippen LogP contribution in [0.25, 0.3) is 0 Å². The van der Waals surface area contributed by atoms with E-state index in [9.17, 15) is 10.2 Å². The van der Waals surface area contributed by atoms with Gasteiger partial charge in [-0.25, -0.2) is 0 Å². The van der Waals surface area contributed by atoms with Crippen LogP contribution >= 0.6 is 0 Å². The van der Waals surface area contributed by atoms with Crippen LogP contribution in [0.1, 0.15) is 78.6 Å². The number of rotatable bonds is 12. The van der Waals surface area contributed by atoms with Crippen molar-refractivity contribution in [2.75, 3.05) is 6.54 Å². The molecular weight excluding hydrogens is 226 g/mol. The maximum absolute atomic E-state index is 9.86. The van der Waals surface area contributed by atoms with Crippen LogP contribution in [-0.4, -0.2) is 34.1 Å². The SMILES string of the molecule is CCCCCCCCCN(C(O)CC)C(O)CC. The van der Waals surface area contributed by atoms with Crippen molar-refractivity contribution in [2.45, 2.75) is 91.0 Å². The predicted octanol–water partition coefficient (Wildman–Crippen LogP) is 3.50. The molecule has 0 aromatic heterocycles. The van der Waals surface area contributed by atoms with Gasteiger partial charge in [0.05, 0.1) is 0 Å². The summed E-state index contributed by atoms with van der Waals surface area (Å²) in [5.41, 5.74) is 0. The topological polar surface area (TPSA) is 43.7 Å². The summed E-state index contributed by atoms with van der Waals surface area (Å²) in [6.07, 6.45) is 9.19. The van der Waals surface area contributed by atoms with E-state index in [1.807, 2.05) is 18.7 Å². The van der Waals surface area contributed by atoms with Crippen molar-refractivity contribution in [2.24, 2.45) is 0 Å². The Morgan fingerprint density at radius 3 is 1.61 bits per heavy atom. The molecule has 0 radical (unpaired) electrons. The van der Waals surface area contributed by atoms with Crippen LogP contribution in [0.2, 0.25) is 0 Å². The smallest absolute Gasteiger partial charge is 0.109 e. The summed E-state index contributed by atoms with van der Waals surface area (Å²) in [5.74, 6) is 0. The van der Waals surface area contributed by atoms with E-state index < -0.39 is 12.5 Å². The number of nitrogens with zero attached hydrogens (tertiary/aromatic N) is 1. The first-order valence-corrected chi connectivity index (χ1v) is 7.79.